The second-order valence-electron chi connectivity index (χ2n) is 7.54. The molecule has 9 heteroatoms. The Morgan fingerprint density at radius 1 is 1.27 bits per heavy atom. The third-order valence-corrected chi connectivity index (χ3v) is 7.07. The zero-order valence-electron chi connectivity index (χ0n) is 18.7. The van der Waals surface area contributed by atoms with Gasteiger partial charge in [-0.3, -0.25) is 9.36 Å². The van der Waals surface area contributed by atoms with E-state index in [4.69, 9.17) is 4.74 Å². The molecule has 4 rings (SSSR count). The van der Waals surface area contributed by atoms with Gasteiger partial charge in [-0.25, -0.2) is 4.98 Å². The first-order valence-corrected chi connectivity index (χ1v) is 12.3. The number of rotatable bonds is 9. The van der Waals surface area contributed by atoms with Crippen LogP contribution in [0.4, 0.5) is 5.13 Å². The van der Waals surface area contributed by atoms with Gasteiger partial charge >= 0.3 is 0 Å². The number of nitrogens with one attached hydrogen (secondary N) is 1. The number of fused-ring (bicyclic) bond motifs is 1. The smallest absolute Gasteiger partial charge is 0.239 e. The molecule has 170 valence electrons. The summed E-state index contributed by atoms with van der Waals surface area (Å²) in [5.74, 6) is 1.35. The second-order valence-corrected chi connectivity index (χ2v) is 9.71. The number of aromatic nitrogens is 4. The predicted octanol–water partition coefficient (Wildman–Crippen LogP) is 5.39. The van der Waals surface area contributed by atoms with E-state index in [1.54, 1.807) is 6.08 Å². The standard InChI is InChI=1S/C24H25N5O2S2/c1-5-12-29-21(13-31-20-11-10-18-8-6-7-9-19(18)16(20)3)27-28-24(29)33-17(4)22(30)26-23-25-15(2)14-32-23/h5-11,14,17H,1,12-13H2,2-4H3,(H,25,26,30)/t17-/m0/s1. The highest BCUT2D eigenvalue weighted by Gasteiger charge is 2.21. The Balaban J connectivity index is 1.46. The van der Waals surface area contributed by atoms with Crippen molar-refractivity contribution in [1.82, 2.24) is 19.7 Å². The summed E-state index contributed by atoms with van der Waals surface area (Å²) in [6, 6.07) is 12.3. The molecule has 0 spiro atoms. The summed E-state index contributed by atoms with van der Waals surface area (Å²) in [5, 5.41) is 16.6. The van der Waals surface area contributed by atoms with Gasteiger partial charge in [-0.1, -0.05) is 48.2 Å². The summed E-state index contributed by atoms with van der Waals surface area (Å²) < 4.78 is 8.03. The first-order valence-electron chi connectivity index (χ1n) is 10.5. The van der Waals surface area contributed by atoms with Crippen LogP contribution in [0.2, 0.25) is 0 Å². The second kappa shape index (κ2) is 10.2. The number of ether oxygens (including phenoxy) is 1. The van der Waals surface area contributed by atoms with Gasteiger partial charge in [0.2, 0.25) is 5.91 Å². The molecule has 7 nitrogen and oxygen atoms in total. The Hall–Kier alpha value is -3.17. The lowest BCUT2D eigenvalue weighted by atomic mass is 10.0. The predicted molar refractivity (Wildman–Crippen MR) is 134 cm³/mol. The van der Waals surface area contributed by atoms with Gasteiger partial charge in [0.1, 0.15) is 12.4 Å². The van der Waals surface area contributed by atoms with Gasteiger partial charge in [0.05, 0.1) is 10.9 Å². The summed E-state index contributed by atoms with van der Waals surface area (Å²) in [4.78, 5) is 16.9. The summed E-state index contributed by atoms with van der Waals surface area (Å²) in [6.45, 7) is 10.4. The molecule has 0 aliphatic rings. The van der Waals surface area contributed by atoms with Crippen molar-refractivity contribution in [3.63, 3.8) is 0 Å². The molecule has 33 heavy (non-hydrogen) atoms. The zero-order valence-corrected chi connectivity index (χ0v) is 20.4. The van der Waals surface area contributed by atoms with E-state index in [2.05, 4.69) is 52.2 Å². The minimum Gasteiger partial charge on any atom is -0.485 e. The molecule has 0 fully saturated rings. The molecule has 0 aliphatic heterocycles. The molecular formula is C24H25N5O2S2. The van der Waals surface area contributed by atoms with Crippen molar-refractivity contribution in [2.24, 2.45) is 0 Å². The van der Waals surface area contributed by atoms with Crippen molar-refractivity contribution >= 4 is 44.9 Å². The van der Waals surface area contributed by atoms with Crippen LogP contribution in [0.15, 0.2) is 59.6 Å². The lowest BCUT2D eigenvalue weighted by molar-refractivity contribution is -0.115. The fourth-order valence-corrected chi connectivity index (χ4v) is 4.93. The molecule has 0 bridgehead atoms. The fourth-order valence-electron chi connectivity index (χ4n) is 3.36. The van der Waals surface area contributed by atoms with Crippen LogP contribution in [-0.4, -0.2) is 30.9 Å². The van der Waals surface area contributed by atoms with Crippen molar-refractivity contribution in [2.75, 3.05) is 5.32 Å². The third-order valence-electron chi connectivity index (χ3n) is 5.11. The monoisotopic (exact) mass is 479 g/mol. The molecule has 0 saturated carbocycles. The molecule has 0 saturated heterocycles. The minimum atomic E-state index is -0.376. The largest absolute Gasteiger partial charge is 0.485 e. The Labute approximate surface area is 200 Å². The number of thiazole rings is 1. The maximum atomic E-state index is 12.6. The average molecular weight is 480 g/mol. The number of carbonyl (C=O) groups is 1. The van der Waals surface area contributed by atoms with E-state index in [0.29, 0.717) is 22.7 Å². The highest BCUT2D eigenvalue weighted by atomic mass is 32.2. The molecule has 2 aromatic heterocycles. The zero-order chi connectivity index (χ0) is 23.4. The molecule has 2 heterocycles. The van der Waals surface area contributed by atoms with Crippen molar-refractivity contribution in [1.29, 1.82) is 0 Å². The van der Waals surface area contributed by atoms with Crippen LogP contribution in [0.3, 0.4) is 0 Å². The number of thioether (sulfide) groups is 1. The SMILES string of the molecule is C=CCn1c(COc2ccc3ccccc3c2C)nnc1S[C@@H](C)C(=O)Nc1nc(C)cs1. The van der Waals surface area contributed by atoms with Crippen LogP contribution in [0.1, 0.15) is 24.0 Å². The number of amides is 1. The Kier molecular flexibility index (Phi) is 7.10. The van der Waals surface area contributed by atoms with Crippen molar-refractivity contribution in [2.45, 2.75) is 44.3 Å². The molecule has 0 radical (unpaired) electrons. The lowest BCUT2D eigenvalue weighted by Crippen LogP contribution is -2.23. The molecule has 2 aromatic carbocycles. The Morgan fingerprint density at radius 3 is 2.85 bits per heavy atom. The van der Waals surface area contributed by atoms with Gasteiger partial charge in [0.15, 0.2) is 16.1 Å². The van der Waals surface area contributed by atoms with E-state index in [9.17, 15) is 4.79 Å². The molecule has 1 N–H and O–H groups in total. The summed E-state index contributed by atoms with van der Waals surface area (Å²) in [5.41, 5.74) is 1.97. The van der Waals surface area contributed by atoms with Gasteiger partial charge < -0.3 is 10.1 Å². The first-order chi connectivity index (χ1) is 16.0. The van der Waals surface area contributed by atoms with E-state index in [0.717, 1.165) is 22.4 Å². The van der Waals surface area contributed by atoms with Gasteiger partial charge in [0, 0.05) is 11.9 Å². The van der Waals surface area contributed by atoms with Crippen molar-refractivity contribution in [3.8, 4) is 5.75 Å². The summed E-state index contributed by atoms with van der Waals surface area (Å²) in [7, 11) is 0. The van der Waals surface area contributed by atoms with Crippen molar-refractivity contribution < 1.29 is 9.53 Å². The minimum absolute atomic E-state index is 0.132. The van der Waals surface area contributed by atoms with Gasteiger partial charge in [-0.15, -0.1) is 28.1 Å². The molecule has 1 amide bonds. The fraction of sp³-hybridized carbons (Fsp3) is 0.250. The lowest BCUT2D eigenvalue weighted by Gasteiger charge is -2.13. The maximum Gasteiger partial charge on any atom is 0.239 e. The first kappa shape index (κ1) is 23.0. The third kappa shape index (κ3) is 5.26. The normalized spacial score (nSPS) is 12.0. The molecule has 0 aliphatic carbocycles. The molecule has 4 aromatic rings. The van der Waals surface area contributed by atoms with Crippen LogP contribution in [0.5, 0.6) is 5.75 Å². The summed E-state index contributed by atoms with van der Waals surface area (Å²) >= 11 is 2.75. The molecule has 0 unspecified atom stereocenters. The number of nitrogens with zero attached hydrogens (tertiary/aromatic N) is 4. The average Bonchev–Trinajstić information content (AvgIpc) is 3.39. The number of hydrogen-bond donors (Lipinski definition) is 1. The van der Waals surface area contributed by atoms with E-state index < -0.39 is 0 Å². The Morgan fingerprint density at radius 2 is 2.09 bits per heavy atom. The van der Waals surface area contributed by atoms with Gasteiger partial charge in [-0.05, 0) is 43.2 Å². The number of anilines is 1. The van der Waals surface area contributed by atoms with E-state index in [1.807, 2.05) is 42.0 Å². The highest BCUT2D eigenvalue weighted by Crippen LogP contribution is 2.29. The van der Waals surface area contributed by atoms with E-state index >= 15 is 0 Å². The number of aryl methyl sites for hydroxylation is 2. The number of benzene rings is 2. The molecule has 1 atom stereocenters. The van der Waals surface area contributed by atoms with Crippen LogP contribution >= 0.6 is 23.1 Å². The van der Waals surface area contributed by atoms with E-state index in [1.165, 1.54) is 28.5 Å². The van der Waals surface area contributed by atoms with Crippen LogP contribution in [0.25, 0.3) is 10.8 Å². The van der Waals surface area contributed by atoms with Crippen LogP contribution in [-0.2, 0) is 17.9 Å². The number of hydrogen-bond acceptors (Lipinski definition) is 7. The number of allylic oxidation sites excluding steroid dienone is 1. The highest BCUT2D eigenvalue weighted by molar-refractivity contribution is 8.00. The molecular weight excluding hydrogens is 454 g/mol. The topological polar surface area (TPSA) is 81.9 Å². The van der Waals surface area contributed by atoms with Gasteiger partial charge in [-0.2, -0.15) is 0 Å². The number of carbonyl (C=O) groups excluding carboxylic acids is 1. The Bertz CT molecular complexity index is 1300. The van der Waals surface area contributed by atoms with Crippen molar-refractivity contribution in [3.05, 3.63) is 71.5 Å². The summed E-state index contributed by atoms with van der Waals surface area (Å²) in [6.07, 6.45) is 1.78. The van der Waals surface area contributed by atoms with E-state index in [-0.39, 0.29) is 17.8 Å². The van der Waals surface area contributed by atoms with Crippen LogP contribution in [0, 0.1) is 13.8 Å². The quantitative estimate of drug-likeness (QED) is 0.256. The van der Waals surface area contributed by atoms with Gasteiger partial charge in [0.25, 0.3) is 0 Å². The maximum absolute atomic E-state index is 12.6. The van der Waals surface area contributed by atoms with Crippen LogP contribution < -0.4 is 10.1 Å².